The van der Waals surface area contributed by atoms with Gasteiger partial charge < -0.3 is 5.32 Å². The van der Waals surface area contributed by atoms with Crippen molar-refractivity contribution in [1.29, 1.82) is 0 Å². The highest BCUT2D eigenvalue weighted by atomic mass is 35.5. The van der Waals surface area contributed by atoms with Gasteiger partial charge in [0.25, 0.3) is 5.91 Å². The summed E-state index contributed by atoms with van der Waals surface area (Å²) in [6.07, 6.45) is 1.10. The van der Waals surface area contributed by atoms with E-state index in [9.17, 15) is 9.59 Å². The van der Waals surface area contributed by atoms with Crippen LogP contribution in [0.5, 0.6) is 0 Å². The molecule has 24 heavy (non-hydrogen) atoms. The third kappa shape index (κ3) is 3.50. The summed E-state index contributed by atoms with van der Waals surface area (Å²) in [5.41, 5.74) is 2.79. The van der Waals surface area contributed by atoms with Gasteiger partial charge in [-0.1, -0.05) is 42.8 Å². The number of carbonyl (C=O) groups excluding carboxylic acids is 2. The van der Waals surface area contributed by atoms with Gasteiger partial charge in [0.2, 0.25) is 5.91 Å². The standard InChI is InChI=1S/C19H19ClN2O2/c1-2-13-6-8-16(9-7-13)22-18(23)11-17(19(22)24)21-12-14-4-3-5-15(20)10-14/h3-10,17,21H,2,11-12H2,1H3. The van der Waals surface area contributed by atoms with E-state index in [1.807, 2.05) is 42.5 Å². The lowest BCUT2D eigenvalue weighted by atomic mass is 10.1. The molecule has 1 fully saturated rings. The quantitative estimate of drug-likeness (QED) is 0.848. The van der Waals surface area contributed by atoms with Crippen LogP contribution < -0.4 is 10.2 Å². The predicted molar refractivity (Wildman–Crippen MR) is 95.0 cm³/mol. The normalized spacial score (nSPS) is 17.6. The van der Waals surface area contributed by atoms with Gasteiger partial charge >= 0.3 is 0 Å². The van der Waals surface area contributed by atoms with Crippen LogP contribution in [0.15, 0.2) is 48.5 Å². The molecule has 1 heterocycles. The lowest BCUT2D eigenvalue weighted by molar-refractivity contribution is -0.121. The summed E-state index contributed by atoms with van der Waals surface area (Å²) in [5.74, 6) is -0.376. The molecule has 2 amide bonds. The maximum absolute atomic E-state index is 12.6. The summed E-state index contributed by atoms with van der Waals surface area (Å²) in [7, 11) is 0. The molecule has 2 aromatic rings. The number of amides is 2. The minimum atomic E-state index is -0.498. The van der Waals surface area contributed by atoms with E-state index in [-0.39, 0.29) is 18.2 Å². The molecule has 0 bridgehead atoms. The van der Waals surface area contributed by atoms with Gasteiger partial charge in [0.15, 0.2) is 0 Å². The molecule has 1 aliphatic rings. The minimum absolute atomic E-state index is 0.173. The Labute approximate surface area is 146 Å². The second kappa shape index (κ2) is 7.16. The van der Waals surface area contributed by atoms with Gasteiger partial charge in [-0.25, -0.2) is 4.90 Å². The van der Waals surface area contributed by atoms with Gasteiger partial charge in [-0.05, 0) is 41.8 Å². The number of carbonyl (C=O) groups is 2. The number of hydrogen-bond acceptors (Lipinski definition) is 3. The van der Waals surface area contributed by atoms with Crippen molar-refractivity contribution >= 4 is 29.1 Å². The van der Waals surface area contributed by atoms with Crippen molar-refractivity contribution in [3.63, 3.8) is 0 Å². The number of imide groups is 1. The molecule has 0 radical (unpaired) electrons. The Kier molecular flexibility index (Phi) is 4.97. The first-order valence-corrected chi connectivity index (χ1v) is 8.40. The van der Waals surface area contributed by atoms with Gasteiger partial charge in [-0.2, -0.15) is 0 Å². The van der Waals surface area contributed by atoms with Crippen LogP contribution in [0.1, 0.15) is 24.5 Å². The van der Waals surface area contributed by atoms with Crippen LogP contribution in [-0.2, 0) is 22.6 Å². The van der Waals surface area contributed by atoms with E-state index in [4.69, 9.17) is 11.6 Å². The molecule has 3 rings (SSSR count). The van der Waals surface area contributed by atoms with E-state index in [0.29, 0.717) is 17.3 Å². The maximum atomic E-state index is 12.6. The molecule has 1 unspecified atom stereocenters. The van der Waals surface area contributed by atoms with E-state index in [0.717, 1.165) is 12.0 Å². The summed E-state index contributed by atoms with van der Waals surface area (Å²) >= 11 is 5.96. The molecule has 0 spiro atoms. The van der Waals surface area contributed by atoms with E-state index in [2.05, 4.69) is 12.2 Å². The number of nitrogens with zero attached hydrogens (tertiary/aromatic N) is 1. The van der Waals surface area contributed by atoms with Crippen molar-refractivity contribution in [3.05, 3.63) is 64.7 Å². The van der Waals surface area contributed by atoms with Crippen molar-refractivity contribution in [2.75, 3.05) is 4.90 Å². The summed E-state index contributed by atoms with van der Waals surface area (Å²) in [4.78, 5) is 26.1. The Morgan fingerprint density at radius 3 is 2.54 bits per heavy atom. The SMILES string of the molecule is CCc1ccc(N2C(=O)CC(NCc3cccc(Cl)c3)C2=O)cc1. The Hall–Kier alpha value is -2.17. The minimum Gasteiger partial charge on any atom is -0.301 e. The fraction of sp³-hybridized carbons (Fsp3) is 0.263. The fourth-order valence-corrected chi connectivity index (χ4v) is 3.04. The highest BCUT2D eigenvalue weighted by Gasteiger charge is 2.39. The van der Waals surface area contributed by atoms with E-state index < -0.39 is 6.04 Å². The molecule has 1 N–H and O–H groups in total. The molecule has 4 nitrogen and oxygen atoms in total. The number of rotatable bonds is 5. The van der Waals surface area contributed by atoms with E-state index in [1.54, 1.807) is 6.07 Å². The number of nitrogens with one attached hydrogen (secondary N) is 1. The first-order valence-electron chi connectivity index (χ1n) is 8.02. The Morgan fingerprint density at radius 1 is 1.12 bits per heavy atom. The van der Waals surface area contributed by atoms with Gasteiger partial charge in [-0.3, -0.25) is 9.59 Å². The molecule has 1 aliphatic heterocycles. The zero-order chi connectivity index (χ0) is 17.1. The Balaban J connectivity index is 1.69. The lowest BCUT2D eigenvalue weighted by Crippen LogP contribution is -2.38. The molecular formula is C19H19ClN2O2. The molecule has 0 aliphatic carbocycles. The molecule has 1 saturated heterocycles. The summed E-state index contributed by atoms with van der Waals surface area (Å²) < 4.78 is 0. The molecule has 0 saturated carbocycles. The smallest absolute Gasteiger partial charge is 0.251 e. The average molecular weight is 343 g/mol. The van der Waals surface area contributed by atoms with Crippen molar-refractivity contribution in [1.82, 2.24) is 5.32 Å². The molecule has 5 heteroatoms. The average Bonchev–Trinajstić information content (AvgIpc) is 2.87. The van der Waals surface area contributed by atoms with Crippen LogP contribution in [0.4, 0.5) is 5.69 Å². The highest BCUT2D eigenvalue weighted by molar-refractivity contribution is 6.30. The third-order valence-corrected chi connectivity index (χ3v) is 4.43. The summed E-state index contributed by atoms with van der Waals surface area (Å²) in [5, 5.41) is 3.81. The Morgan fingerprint density at radius 2 is 1.88 bits per heavy atom. The van der Waals surface area contributed by atoms with Crippen molar-refractivity contribution in [2.45, 2.75) is 32.4 Å². The molecule has 124 valence electrons. The monoisotopic (exact) mass is 342 g/mol. The zero-order valence-electron chi connectivity index (χ0n) is 13.5. The molecule has 0 aromatic heterocycles. The number of hydrogen-bond donors (Lipinski definition) is 1. The van der Waals surface area contributed by atoms with Crippen molar-refractivity contribution < 1.29 is 9.59 Å². The van der Waals surface area contributed by atoms with Crippen LogP contribution in [0, 0.1) is 0 Å². The van der Waals surface area contributed by atoms with E-state index in [1.165, 1.54) is 10.5 Å². The summed E-state index contributed by atoms with van der Waals surface area (Å²) in [6.45, 7) is 2.56. The van der Waals surface area contributed by atoms with Crippen LogP contribution in [0.2, 0.25) is 5.02 Å². The van der Waals surface area contributed by atoms with Crippen LogP contribution in [0.25, 0.3) is 0 Å². The van der Waals surface area contributed by atoms with Crippen LogP contribution in [0.3, 0.4) is 0 Å². The predicted octanol–water partition coefficient (Wildman–Crippen LogP) is 3.32. The number of halogens is 1. The van der Waals surface area contributed by atoms with Crippen molar-refractivity contribution in [2.24, 2.45) is 0 Å². The van der Waals surface area contributed by atoms with Gasteiger partial charge in [0.1, 0.15) is 0 Å². The van der Waals surface area contributed by atoms with Gasteiger partial charge in [0, 0.05) is 11.6 Å². The van der Waals surface area contributed by atoms with Gasteiger partial charge in [-0.15, -0.1) is 0 Å². The molecule has 2 aromatic carbocycles. The lowest BCUT2D eigenvalue weighted by Gasteiger charge is -2.16. The second-order valence-electron chi connectivity index (χ2n) is 5.85. The molecule has 1 atom stereocenters. The topological polar surface area (TPSA) is 49.4 Å². The second-order valence-corrected chi connectivity index (χ2v) is 6.29. The third-order valence-electron chi connectivity index (χ3n) is 4.19. The molecular weight excluding hydrogens is 324 g/mol. The largest absolute Gasteiger partial charge is 0.301 e. The highest BCUT2D eigenvalue weighted by Crippen LogP contribution is 2.23. The van der Waals surface area contributed by atoms with Crippen LogP contribution >= 0.6 is 11.6 Å². The Bertz CT molecular complexity index is 758. The number of anilines is 1. The first kappa shape index (κ1) is 16.7. The first-order chi connectivity index (χ1) is 11.6. The van der Waals surface area contributed by atoms with E-state index >= 15 is 0 Å². The maximum Gasteiger partial charge on any atom is 0.251 e. The van der Waals surface area contributed by atoms with Gasteiger partial charge in [0.05, 0.1) is 18.2 Å². The number of benzene rings is 2. The van der Waals surface area contributed by atoms with Crippen molar-refractivity contribution in [3.8, 4) is 0 Å². The summed E-state index contributed by atoms with van der Waals surface area (Å²) in [6, 6.07) is 14.5. The fourth-order valence-electron chi connectivity index (χ4n) is 2.83. The number of aryl methyl sites for hydroxylation is 1. The van der Waals surface area contributed by atoms with Crippen LogP contribution in [-0.4, -0.2) is 17.9 Å². The zero-order valence-corrected chi connectivity index (χ0v) is 14.2.